The van der Waals surface area contributed by atoms with Gasteiger partial charge in [-0.2, -0.15) is 0 Å². The number of pyridine rings is 1. The molecule has 2 aromatic heterocycles. The number of hydrogen-bond acceptors (Lipinski definition) is 4. The monoisotopic (exact) mass is 262 g/mol. The first-order valence-electron chi connectivity index (χ1n) is 5.89. The summed E-state index contributed by atoms with van der Waals surface area (Å²) < 4.78 is 6.48. The third-order valence-electron chi connectivity index (χ3n) is 2.79. The lowest BCUT2D eigenvalue weighted by atomic mass is 10.2. The van der Waals surface area contributed by atoms with Crippen LogP contribution in [0.25, 0.3) is 5.52 Å². The zero-order valence-electron chi connectivity index (χ0n) is 10.5. The number of hydrogen-bond donors (Lipinski definition) is 1. The second-order valence-corrected chi connectivity index (χ2v) is 4.07. The molecule has 0 spiro atoms. The van der Waals surface area contributed by atoms with Crippen LogP contribution in [-0.4, -0.2) is 33.5 Å². The highest BCUT2D eigenvalue weighted by Crippen LogP contribution is 2.15. The van der Waals surface area contributed by atoms with Gasteiger partial charge in [0, 0.05) is 19.0 Å². The van der Waals surface area contributed by atoms with E-state index in [0.717, 1.165) is 0 Å². The number of methoxy groups -OCH3 is 1. The molecule has 0 aromatic carbocycles. The average Bonchev–Trinajstić information content (AvgIpc) is 2.77. The number of fused-ring (bicyclic) bond motifs is 1. The van der Waals surface area contributed by atoms with Crippen molar-refractivity contribution in [2.45, 2.75) is 19.3 Å². The average molecular weight is 262 g/mol. The molecule has 0 saturated carbocycles. The van der Waals surface area contributed by atoms with Crippen molar-refractivity contribution in [3.05, 3.63) is 35.9 Å². The number of aryl methyl sites for hydroxylation is 1. The van der Waals surface area contributed by atoms with Crippen LogP contribution in [0.5, 0.6) is 0 Å². The van der Waals surface area contributed by atoms with E-state index in [1.54, 1.807) is 16.7 Å². The number of imidazole rings is 1. The fraction of sp³-hybridized carbons (Fsp3) is 0.308. The van der Waals surface area contributed by atoms with Crippen LogP contribution >= 0.6 is 0 Å². The number of carboxylic acids is 1. The number of nitrogens with zero attached hydrogens (tertiary/aromatic N) is 2. The van der Waals surface area contributed by atoms with E-state index in [9.17, 15) is 9.59 Å². The van der Waals surface area contributed by atoms with Crippen molar-refractivity contribution < 1.29 is 19.4 Å². The van der Waals surface area contributed by atoms with Crippen LogP contribution in [0.3, 0.4) is 0 Å². The van der Waals surface area contributed by atoms with Crippen LogP contribution < -0.4 is 0 Å². The van der Waals surface area contributed by atoms with Gasteiger partial charge in [0.05, 0.1) is 12.6 Å². The zero-order valence-corrected chi connectivity index (χ0v) is 10.5. The Labute approximate surface area is 109 Å². The molecule has 0 saturated heterocycles. The lowest BCUT2D eigenvalue weighted by molar-refractivity contribution is -0.137. The molecule has 2 heterocycles. The lowest BCUT2D eigenvalue weighted by Gasteiger charge is -1.99. The summed E-state index contributed by atoms with van der Waals surface area (Å²) in [6.07, 6.45) is 2.85. The van der Waals surface area contributed by atoms with Gasteiger partial charge < -0.3 is 14.2 Å². The van der Waals surface area contributed by atoms with Gasteiger partial charge in [0.2, 0.25) is 0 Å². The summed E-state index contributed by atoms with van der Waals surface area (Å²) in [5.41, 5.74) is 0.924. The van der Waals surface area contributed by atoms with Gasteiger partial charge in [0.15, 0.2) is 5.69 Å². The van der Waals surface area contributed by atoms with Crippen LogP contribution in [0.4, 0.5) is 0 Å². The van der Waals surface area contributed by atoms with Gasteiger partial charge in [0.25, 0.3) is 0 Å². The molecule has 0 aliphatic carbocycles. The number of aromatic nitrogens is 2. The number of rotatable bonds is 5. The van der Waals surface area contributed by atoms with Crippen LogP contribution in [0, 0.1) is 0 Å². The van der Waals surface area contributed by atoms with Crippen molar-refractivity contribution in [3.63, 3.8) is 0 Å². The standard InChI is InChI=1S/C13H14N2O4/c1-19-13(18)12-9-5-2-3-8-15(9)10(14-12)6-4-7-11(16)17/h2-3,5,8H,4,6-7H2,1H3,(H,16,17). The van der Waals surface area contributed by atoms with Crippen molar-refractivity contribution in [2.24, 2.45) is 0 Å². The first-order chi connectivity index (χ1) is 9.13. The summed E-state index contributed by atoms with van der Waals surface area (Å²) in [5.74, 6) is -0.667. The number of esters is 1. The quantitative estimate of drug-likeness (QED) is 0.826. The highest BCUT2D eigenvalue weighted by atomic mass is 16.5. The highest BCUT2D eigenvalue weighted by molar-refractivity contribution is 5.95. The molecule has 0 fully saturated rings. The molecule has 0 atom stereocenters. The van der Waals surface area contributed by atoms with Gasteiger partial charge in [-0.1, -0.05) is 6.07 Å². The van der Waals surface area contributed by atoms with E-state index in [1.165, 1.54) is 7.11 Å². The van der Waals surface area contributed by atoms with E-state index >= 15 is 0 Å². The zero-order chi connectivity index (χ0) is 13.8. The first kappa shape index (κ1) is 13.1. The van der Waals surface area contributed by atoms with Gasteiger partial charge in [-0.3, -0.25) is 4.79 Å². The smallest absolute Gasteiger partial charge is 0.358 e. The van der Waals surface area contributed by atoms with Crippen molar-refractivity contribution in [2.75, 3.05) is 7.11 Å². The molecule has 0 unspecified atom stereocenters. The number of carbonyl (C=O) groups excluding carboxylic acids is 1. The van der Waals surface area contributed by atoms with Crippen LogP contribution in [0.15, 0.2) is 24.4 Å². The third-order valence-corrected chi connectivity index (χ3v) is 2.79. The number of carbonyl (C=O) groups is 2. The maximum absolute atomic E-state index is 11.6. The van der Waals surface area contributed by atoms with E-state index in [-0.39, 0.29) is 12.1 Å². The molecule has 0 bridgehead atoms. The Morgan fingerprint density at radius 3 is 2.89 bits per heavy atom. The molecule has 6 nitrogen and oxygen atoms in total. The Kier molecular flexibility index (Phi) is 3.79. The van der Waals surface area contributed by atoms with Gasteiger partial charge in [0.1, 0.15) is 5.82 Å². The van der Waals surface area contributed by atoms with Crippen LogP contribution in [0.2, 0.25) is 0 Å². The normalized spacial score (nSPS) is 10.6. The maximum atomic E-state index is 11.6. The fourth-order valence-corrected chi connectivity index (χ4v) is 1.92. The predicted octanol–water partition coefficient (Wildman–Crippen LogP) is 1.53. The molecular weight excluding hydrogens is 248 g/mol. The SMILES string of the molecule is COC(=O)c1nc(CCCC(=O)O)n2ccccc12. The second-order valence-electron chi connectivity index (χ2n) is 4.07. The largest absolute Gasteiger partial charge is 0.481 e. The Balaban J connectivity index is 2.33. The Hall–Kier alpha value is -2.37. The minimum Gasteiger partial charge on any atom is -0.481 e. The van der Waals surface area contributed by atoms with E-state index in [4.69, 9.17) is 9.84 Å². The number of ether oxygens (including phenoxy) is 1. The van der Waals surface area contributed by atoms with E-state index in [0.29, 0.717) is 24.2 Å². The molecular formula is C13H14N2O4. The molecule has 1 N–H and O–H groups in total. The van der Waals surface area contributed by atoms with Crippen LogP contribution in [0.1, 0.15) is 29.2 Å². The minimum atomic E-state index is -0.839. The number of carboxylic acid groups (broad SMARTS) is 1. The summed E-state index contributed by atoms with van der Waals surface area (Å²) in [7, 11) is 1.31. The third kappa shape index (κ3) is 2.73. The van der Waals surface area contributed by atoms with E-state index in [1.807, 2.05) is 12.1 Å². The Bertz CT molecular complexity index is 618. The van der Waals surface area contributed by atoms with Gasteiger partial charge in [-0.25, -0.2) is 9.78 Å². The van der Waals surface area contributed by atoms with Gasteiger partial charge in [-0.05, 0) is 18.6 Å². The summed E-state index contributed by atoms with van der Waals surface area (Å²) in [5, 5.41) is 8.63. The topological polar surface area (TPSA) is 80.9 Å². The fourth-order valence-electron chi connectivity index (χ4n) is 1.92. The second kappa shape index (κ2) is 5.51. The summed E-state index contributed by atoms with van der Waals surface area (Å²) in [6, 6.07) is 5.42. The van der Waals surface area contributed by atoms with E-state index in [2.05, 4.69) is 4.98 Å². The molecule has 0 amide bonds. The lowest BCUT2D eigenvalue weighted by Crippen LogP contribution is -2.02. The maximum Gasteiger partial charge on any atom is 0.358 e. The van der Waals surface area contributed by atoms with Crippen molar-refractivity contribution >= 4 is 17.5 Å². The van der Waals surface area contributed by atoms with Gasteiger partial charge in [-0.15, -0.1) is 0 Å². The minimum absolute atomic E-state index is 0.0787. The Morgan fingerprint density at radius 2 is 2.21 bits per heavy atom. The number of aliphatic carboxylic acids is 1. The summed E-state index contributed by atoms with van der Waals surface area (Å²) in [4.78, 5) is 26.4. The van der Waals surface area contributed by atoms with Crippen LogP contribution in [-0.2, 0) is 16.0 Å². The van der Waals surface area contributed by atoms with E-state index < -0.39 is 11.9 Å². The summed E-state index contributed by atoms with van der Waals surface area (Å²) in [6.45, 7) is 0. The van der Waals surface area contributed by atoms with Crippen molar-refractivity contribution in [1.29, 1.82) is 0 Å². The summed E-state index contributed by atoms with van der Waals surface area (Å²) >= 11 is 0. The van der Waals surface area contributed by atoms with Crippen molar-refractivity contribution in [1.82, 2.24) is 9.38 Å². The Morgan fingerprint density at radius 1 is 1.42 bits per heavy atom. The molecule has 2 rings (SSSR count). The molecule has 100 valence electrons. The molecule has 2 aromatic rings. The van der Waals surface area contributed by atoms with Gasteiger partial charge >= 0.3 is 11.9 Å². The molecule has 6 heteroatoms. The molecule has 19 heavy (non-hydrogen) atoms. The first-order valence-corrected chi connectivity index (χ1v) is 5.89. The van der Waals surface area contributed by atoms with Crippen molar-refractivity contribution in [3.8, 4) is 0 Å². The molecule has 0 radical (unpaired) electrons. The molecule has 0 aliphatic rings. The highest BCUT2D eigenvalue weighted by Gasteiger charge is 2.17. The molecule has 0 aliphatic heterocycles. The predicted molar refractivity (Wildman–Crippen MR) is 67.1 cm³/mol.